The van der Waals surface area contributed by atoms with Crippen molar-refractivity contribution in [3.63, 3.8) is 0 Å². The summed E-state index contributed by atoms with van der Waals surface area (Å²) in [5.74, 6) is -0.0697. The molecule has 2 aromatic rings. The first-order valence-corrected chi connectivity index (χ1v) is 6.96. The lowest BCUT2D eigenvalue weighted by atomic mass is 10.2. The summed E-state index contributed by atoms with van der Waals surface area (Å²) in [6.45, 7) is 1.74. The van der Waals surface area contributed by atoms with E-state index in [0.717, 1.165) is 0 Å². The number of furan rings is 1. The number of piperazine rings is 1. The monoisotopic (exact) mass is 301 g/mol. The highest BCUT2D eigenvalue weighted by atomic mass is 16.5. The van der Waals surface area contributed by atoms with Gasteiger partial charge in [0, 0.05) is 32.2 Å². The first-order valence-electron chi connectivity index (χ1n) is 6.96. The minimum atomic E-state index is -0.199. The largest absolute Gasteiger partial charge is 0.619 e. The highest BCUT2D eigenvalue weighted by molar-refractivity contribution is 5.94. The van der Waals surface area contributed by atoms with Gasteiger partial charge in [0.2, 0.25) is 0 Å². The molecular weight excluding hydrogens is 286 g/mol. The van der Waals surface area contributed by atoms with Gasteiger partial charge in [-0.25, -0.2) is 0 Å². The molecule has 3 heterocycles. The number of hydrogen-bond donors (Lipinski definition) is 0. The average Bonchev–Trinajstić information content (AvgIpc) is 3.08. The standard InChI is InChI=1S/C15H15N3O4/c19-14(12-3-1-5-18(21)11-12)16-6-8-17(9-7-16)15(20)13-4-2-10-22-13/h1-5,10-11H,6-9H2. The maximum Gasteiger partial charge on any atom is 0.289 e. The Labute approximate surface area is 126 Å². The smallest absolute Gasteiger partial charge is 0.289 e. The van der Waals surface area contributed by atoms with Gasteiger partial charge in [-0.15, -0.1) is 0 Å². The molecular formula is C15H15N3O4. The number of aromatic nitrogens is 1. The fourth-order valence-corrected chi connectivity index (χ4v) is 2.43. The van der Waals surface area contributed by atoms with Crippen molar-refractivity contribution in [2.75, 3.05) is 26.2 Å². The second kappa shape index (κ2) is 5.88. The molecule has 0 N–H and O–H groups in total. The van der Waals surface area contributed by atoms with Crippen molar-refractivity contribution in [3.8, 4) is 0 Å². The summed E-state index contributed by atoms with van der Waals surface area (Å²) in [5, 5.41) is 11.2. The van der Waals surface area contributed by atoms with Gasteiger partial charge in [-0.1, -0.05) is 0 Å². The number of carbonyl (C=O) groups is 2. The molecule has 1 saturated heterocycles. The van der Waals surface area contributed by atoms with Gasteiger partial charge in [0.25, 0.3) is 11.8 Å². The minimum Gasteiger partial charge on any atom is -0.619 e. The van der Waals surface area contributed by atoms with Crippen molar-refractivity contribution >= 4 is 11.8 Å². The number of carbonyl (C=O) groups excluding carboxylic acids is 2. The zero-order chi connectivity index (χ0) is 15.5. The van der Waals surface area contributed by atoms with Crippen molar-refractivity contribution in [3.05, 3.63) is 59.5 Å². The van der Waals surface area contributed by atoms with Crippen LogP contribution in [0.3, 0.4) is 0 Å². The molecule has 0 aromatic carbocycles. The molecule has 0 radical (unpaired) electrons. The van der Waals surface area contributed by atoms with E-state index in [0.29, 0.717) is 42.2 Å². The summed E-state index contributed by atoms with van der Waals surface area (Å²) in [6, 6.07) is 6.44. The maximum absolute atomic E-state index is 12.3. The molecule has 3 rings (SSSR count). The Morgan fingerprint density at radius 1 is 1.05 bits per heavy atom. The lowest BCUT2D eigenvalue weighted by molar-refractivity contribution is -0.605. The van der Waals surface area contributed by atoms with Crippen LogP contribution in [0, 0.1) is 5.21 Å². The van der Waals surface area contributed by atoms with Crippen LogP contribution in [-0.2, 0) is 0 Å². The van der Waals surface area contributed by atoms with Crippen molar-refractivity contribution < 1.29 is 18.7 Å². The Kier molecular flexibility index (Phi) is 3.78. The molecule has 0 bridgehead atoms. The van der Waals surface area contributed by atoms with E-state index in [1.54, 1.807) is 28.0 Å². The predicted octanol–water partition coefficient (Wildman–Crippen LogP) is 0.511. The van der Waals surface area contributed by atoms with Crippen LogP contribution >= 0.6 is 0 Å². The molecule has 7 nitrogen and oxygen atoms in total. The van der Waals surface area contributed by atoms with Gasteiger partial charge in [0.15, 0.2) is 18.2 Å². The lowest BCUT2D eigenvalue weighted by Gasteiger charge is -2.34. The van der Waals surface area contributed by atoms with E-state index in [2.05, 4.69) is 0 Å². The van der Waals surface area contributed by atoms with Crippen LogP contribution in [0.25, 0.3) is 0 Å². The van der Waals surface area contributed by atoms with E-state index in [9.17, 15) is 14.8 Å². The van der Waals surface area contributed by atoms with E-state index in [1.807, 2.05) is 0 Å². The van der Waals surface area contributed by atoms with Crippen molar-refractivity contribution in [2.24, 2.45) is 0 Å². The number of hydrogen-bond acceptors (Lipinski definition) is 4. The zero-order valence-corrected chi connectivity index (χ0v) is 11.8. The Hall–Kier alpha value is -2.83. The summed E-state index contributed by atoms with van der Waals surface area (Å²) >= 11 is 0. The summed E-state index contributed by atoms with van der Waals surface area (Å²) < 4.78 is 5.70. The Morgan fingerprint density at radius 2 is 1.73 bits per heavy atom. The first-order chi connectivity index (χ1) is 10.6. The van der Waals surface area contributed by atoms with Gasteiger partial charge in [0.1, 0.15) is 5.56 Å². The third-order valence-electron chi connectivity index (χ3n) is 3.61. The van der Waals surface area contributed by atoms with E-state index in [-0.39, 0.29) is 11.8 Å². The molecule has 2 amide bonds. The normalized spacial score (nSPS) is 14.9. The van der Waals surface area contributed by atoms with E-state index >= 15 is 0 Å². The number of rotatable bonds is 2. The van der Waals surface area contributed by atoms with Crippen LogP contribution in [-0.4, -0.2) is 47.8 Å². The summed E-state index contributed by atoms with van der Waals surface area (Å²) in [5.41, 5.74) is 0.350. The second-order valence-corrected chi connectivity index (χ2v) is 5.01. The highest BCUT2D eigenvalue weighted by Crippen LogP contribution is 2.11. The molecule has 22 heavy (non-hydrogen) atoms. The Bertz CT molecular complexity index is 676. The van der Waals surface area contributed by atoms with Crippen LogP contribution in [0.1, 0.15) is 20.9 Å². The summed E-state index contributed by atoms with van der Waals surface area (Å²) in [6.07, 6.45) is 4.04. The number of amides is 2. The highest BCUT2D eigenvalue weighted by Gasteiger charge is 2.27. The van der Waals surface area contributed by atoms with E-state index < -0.39 is 0 Å². The Balaban J connectivity index is 1.62. The van der Waals surface area contributed by atoms with Crippen molar-refractivity contribution in [1.29, 1.82) is 0 Å². The quantitative estimate of drug-likeness (QED) is 0.598. The molecule has 114 valence electrons. The molecule has 2 aromatic heterocycles. The molecule has 1 fully saturated rings. The zero-order valence-electron chi connectivity index (χ0n) is 11.8. The van der Waals surface area contributed by atoms with Gasteiger partial charge in [-0.2, -0.15) is 4.73 Å². The van der Waals surface area contributed by atoms with Gasteiger partial charge in [-0.05, 0) is 18.2 Å². The number of nitrogens with zero attached hydrogens (tertiary/aromatic N) is 3. The fourth-order valence-electron chi connectivity index (χ4n) is 2.43. The molecule has 0 saturated carbocycles. The summed E-state index contributed by atoms with van der Waals surface area (Å²) in [7, 11) is 0. The average molecular weight is 301 g/mol. The van der Waals surface area contributed by atoms with E-state index in [4.69, 9.17) is 4.42 Å². The third-order valence-corrected chi connectivity index (χ3v) is 3.61. The van der Waals surface area contributed by atoms with Crippen LogP contribution in [0.4, 0.5) is 0 Å². The number of pyridine rings is 1. The first kappa shape index (κ1) is 14.1. The van der Waals surface area contributed by atoms with Crippen LogP contribution in [0.15, 0.2) is 47.3 Å². The van der Waals surface area contributed by atoms with E-state index in [1.165, 1.54) is 24.7 Å². The second-order valence-electron chi connectivity index (χ2n) is 5.01. The van der Waals surface area contributed by atoms with Gasteiger partial charge >= 0.3 is 0 Å². The van der Waals surface area contributed by atoms with Crippen LogP contribution in [0.2, 0.25) is 0 Å². The molecule has 0 unspecified atom stereocenters. The molecule has 0 spiro atoms. The Morgan fingerprint density at radius 3 is 2.32 bits per heavy atom. The van der Waals surface area contributed by atoms with Gasteiger partial charge in [-0.3, -0.25) is 9.59 Å². The lowest BCUT2D eigenvalue weighted by Crippen LogP contribution is -2.50. The molecule has 1 aliphatic heterocycles. The molecule has 1 aliphatic rings. The predicted molar refractivity (Wildman–Crippen MR) is 75.9 cm³/mol. The van der Waals surface area contributed by atoms with Gasteiger partial charge in [0.05, 0.1) is 6.26 Å². The van der Waals surface area contributed by atoms with Gasteiger partial charge < -0.3 is 19.4 Å². The van der Waals surface area contributed by atoms with Crippen LogP contribution in [0.5, 0.6) is 0 Å². The molecule has 7 heteroatoms. The molecule has 0 atom stereocenters. The topological polar surface area (TPSA) is 80.7 Å². The summed E-state index contributed by atoms with van der Waals surface area (Å²) in [4.78, 5) is 27.7. The van der Waals surface area contributed by atoms with Crippen molar-refractivity contribution in [1.82, 2.24) is 9.80 Å². The fraction of sp³-hybridized carbons (Fsp3) is 0.267. The minimum absolute atomic E-state index is 0.172. The molecule has 0 aliphatic carbocycles. The van der Waals surface area contributed by atoms with Crippen LogP contribution < -0.4 is 4.73 Å². The SMILES string of the molecule is O=C(c1ccc[n+]([O-])c1)N1CCN(C(=O)c2ccco2)CC1. The van der Waals surface area contributed by atoms with Crippen molar-refractivity contribution in [2.45, 2.75) is 0 Å². The maximum atomic E-state index is 12.3. The third kappa shape index (κ3) is 2.78.